The fourth-order valence-corrected chi connectivity index (χ4v) is 7.04. The van der Waals surface area contributed by atoms with Crippen LogP contribution >= 0.6 is 11.3 Å². The Balaban J connectivity index is 1.31. The Bertz CT molecular complexity index is 1280. The van der Waals surface area contributed by atoms with Crippen molar-refractivity contribution in [1.29, 1.82) is 0 Å². The van der Waals surface area contributed by atoms with E-state index in [4.69, 9.17) is 4.42 Å². The summed E-state index contributed by atoms with van der Waals surface area (Å²) in [5.74, 6) is 0.285. The summed E-state index contributed by atoms with van der Waals surface area (Å²) in [5.41, 5.74) is 0.682. The molecule has 2 unspecified atom stereocenters. The number of para-hydroxylation sites is 1. The minimum absolute atomic E-state index is 0.0326. The molecular formula is C21H21N3O5S2. The second-order valence-electron chi connectivity index (χ2n) is 8.18. The first-order chi connectivity index (χ1) is 14.8. The highest BCUT2D eigenvalue weighted by molar-refractivity contribution is 7.91. The highest BCUT2D eigenvalue weighted by atomic mass is 32.2. The molecule has 2 aromatic heterocycles. The molecule has 3 amide bonds. The third-order valence-corrected chi connectivity index (χ3v) is 9.15. The molecule has 1 aliphatic carbocycles. The summed E-state index contributed by atoms with van der Waals surface area (Å²) in [7, 11) is -3.71. The number of carbonyl (C=O) groups is 2. The van der Waals surface area contributed by atoms with Crippen molar-refractivity contribution >= 4 is 44.3 Å². The molecule has 1 aromatic carbocycles. The summed E-state index contributed by atoms with van der Waals surface area (Å²) in [6.45, 7) is 2.07. The number of urea groups is 1. The second kappa shape index (κ2) is 7.18. The summed E-state index contributed by atoms with van der Waals surface area (Å²) >= 11 is 1.17. The largest absolute Gasteiger partial charge is 0.455 e. The molecule has 0 bridgehead atoms. The molecule has 0 radical (unpaired) electrons. The zero-order chi connectivity index (χ0) is 21.8. The van der Waals surface area contributed by atoms with E-state index in [-0.39, 0.29) is 22.6 Å². The quantitative estimate of drug-likeness (QED) is 0.507. The van der Waals surface area contributed by atoms with Crippen LogP contribution in [0.3, 0.4) is 0 Å². The highest BCUT2D eigenvalue weighted by Crippen LogP contribution is 2.39. The molecule has 5 rings (SSSR count). The first-order valence-electron chi connectivity index (χ1n) is 9.98. The third kappa shape index (κ3) is 3.54. The standard InChI is InChI=1S/C21H21N3O5S2/c1-12-8-17(30-18(12)16-9-14-4-2-3-5-15(14)29-16)31(27,28)22-11-13-6-7-21(10-13)19(25)23-20(26)24-21/h2-5,8-9,13,22H,6-7,10-11H2,1H3,(H2,23,24,25,26). The smallest absolute Gasteiger partial charge is 0.322 e. The van der Waals surface area contributed by atoms with E-state index in [0.29, 0.717) is 25.0 Å². The molecule has 31 heavy (non-hydrogen) atoms. The van der Waals surface area contributed by atoms with Gasteiger partial charge in [-0.1, -0.05) is 18.2 Å². The first kappa shape index (κ1) is 20.2. The van der Waals surface area contributed by atoms with Crippen molar-refractivity contribution in [3.05, 3.63) is 42.0 Å². The van der Waals surface area contributed by atoms with Crippen molar-refractivity contribution < 1.29 is 22.4 Å². The molecule has 162 valence electrons. The lowest BCUT2D eigenvalue weighted by Crippen LogP contribution is -2.44. The number of sulfonamides is 1. The average molecular weight is 460 g/mol. The van der Waals surface area contributed by atoms with Crippen LogP contribution in [0.25, 0.3) is 21.6 Å². The van der Waals surface area contributed by atoms with Gasteiger partial charge in [-0.2, -0.15) is 0 Å². The molecule has 10 heteroatoms. The molecule has 1 saturated heterocycles. The minimum atomic E-state index is -3.71. The molecule has 3 N–H and O–H groups in total. The average Bonchev–Trinajstić information content (AvgIpc) is 3.47. The van der Waals surface area contributed by atoms with Gasteiger partial charge in [0.25, 0.3) is 5.91 Å². The number of aryl methyl sites for hydroxylation is 1. The van der Waals surface area contributed by atoms with Crippen LogP contribution in [0.1, 0.15) is 24.8 Å². The predicted molar refractivity (Wildman–Crippen MR) is 116 cm³/mol. The van der Waals surface area contributed by atoms with Gasteiger partial charge in [0.2, 0.25) is 10.0 Å². The zero-order valence-electron chi connectivity index (χ0n) is 16.7. The SMILES string of the molecule is Cc1cc(S(=O)(=O)NCC2CCC3(C2)NC(=O)NC3=O)sc1-c1cc2ccccc2o1. The molecule has 2 aliphatic rings. The second-order valence-corrected chi connectivity index (χ2v) is 11.2. The van der Waals surface area contributed by atoms with Gasteiger partial charge < -0.3 is 9.73 Å². The predicted octanol–water partition coefficient (Wildman–Crippen LogP) is 3.13. The van der Waals surface area contributed by atoms with Crippen LogP contribution in [-0.2, 0) is 14.8 Å². The lowest BCUT2D eigenvalue weighted by Gasteiger charge is -2.19. The molecule has 2 atom stereocenters. The van der Waals surface area contributed by atoms with Crippen molar-refractivity contribution in [2.75, 3.05) is 6.54 Å². The Morgan fingerprint density at radius 1 is 1.26 bits per heavy atom. The van der Waals surface area contributed by atoms with Gasteiger partial charge in [0, 0.05) is 11.9 Å². The lowest BCUT2D eigenvalue weighted by atomic mass is 9.96. The van der Waals surface area contributed by atoms with Crippen LogP contribution in [-0.4, -0.2) is 32.4 Å². The van der Waals surface area contributed by atoms with E-state index in [1.54, 1.807) is 6.07 Å². The van der Waals surface area contributed by atoms with E-state index in [0.717, 1.165) is 21.4 Å². The van der Waals surface area contributed by atoms with Crippen molar-refractivity contribution in [3.63, 3.8) is 0 Å². The van der Waals surface area contributed by atoms with Gasteiger partial charge in [0.05, 0.1) is 4.88 Å². The summed E-state index contributed by atoms with van der Waals surface area (Å²) in [4.78, 5) is 24.3. The number of benzene rings is 1. The minimum Gasteiger partial charge on any atom is -0.455 e. The maximum atomic E-state index is 12.9. The molecule has 1 saturated carbocycles. The summed E-state index contributed by atoms with van der Waals surface area (Å²) in [5, 5.41) is 5.92. The van der Waals surface area contributed by atoms with Crippen LogP contribution in [0, 0.1) is 12.8 Å². The molecule has 8 nitrogen and oxygen atoms in total. The molecule has 3 aromatic rings. The molecule has 1 spiro atoms. The number of rotatable bonds is 5. The number of amides is 3. The van der Waals surface area contributed by atoms with Crippen LogP contribution in [0.2, 0.25) is 0 Å². The molecule has 1 aliphatic heterocycles. The number of fused-ring (bicyclic) bond motifs is 1. The summed E-state index contributed by atoms with van der Waals surface area (Å²) in [6, 6.07) is 10.7. The number of nitrogens with one attached hydrogen (secondary N) is 3. The number of imide groups is 1. The van der Waals surface area contributed by atoms with E-state index in [1.807, 2.05) is 37.3 Å². The Hall–Kier alpha value is -2.69. The number of hydrogen-bond donors (Lipinski definition) is 3. The molecule has 2 fully saturated rings. The van der Waals surface area contributed by atoms with E-state index in [1.165, 1.54) is 11.3 Å². The Labute approximate surface area is 183 Å². The van der Waals surface area contributed by atoms with Gasteiger partial charge in [0.1, 0.15) is 21.1 Å². The van der Waals surface area contributed by atoms with Crippen molar-refractivity contribution in [2.45, 2.75) is 35.9 Å². The topological polar surface area (TPSA) is 118 Å². The number of hydrogen-bond acceptors (Lipinski definition) is 6. The van der Waals surface area contributed by atoms with Gasteiger partial charge in [-0.3, -0.25) is 10.1 Å². The Morgan fingerprint density at radius 2 is 2.06 bits per heavy atom. The van der Waals surface area contributed by atoms with Gasteiger partial charge in [-0.05, 0) is 55.9 Å². The van der Waals surface area contributed by atoms with Gasteiger partial charge in [-0.15, -0.1) is 11.3 Å². The van der Waals surface area contributed by atoms with Crippen LogP contribution in [0.5, 0.6) is 0 Å². The van der Waals surface area contributed by atoms with Crippen LogP contribution in [0.4, 0.5) is 4.79 Å². The van der Waals surface area contributed by atoms with E-state index in [9.17, 15) is 18.0 Å². The maximum absolute atomic E-state index is 12.9. The van der Waals surface area contributed by atoms with E-state index >= 15 is 0 Å². The monoisotopic (exact) mass is 459 g/mol. The van der Waals surface area contributed by atoms with Gasteiger partial charge in [0.15, 0.2) is 0 Å². The van der Waals surface area contributed by atoms with Crippen LogP contribution in [0.15, 0.2) is 45.0 Å². The van der Waals surface area contributed by atoms with Crippen molar-refractivity contribution in [1.82, 2.24) is 15.4 Å². The van der Waals surface area contributed by atoms with E-state index in [2.05, 4.69) is 15.4 Å². The number of thiophene rings is 1. The van der Waals surface area contributed by atoms with Crippen molar-refractivity contribution in [2.24, 2.45) is 5.92 Å². The first-order valence-corrected chi connectivity index (χ1v) is 12.3. The number of carbonyl (C=O) groups excluding carboxylic acids is 2. The summed E-state index contributed by atoms with van der Waals surface area (Å²) in [6.07, 6.45) is 1.58. The van der Waals surface area contributed by atoms with Gasteiger partial charge in [-0.25, -0.2) is 17.9 Å². The third-order valence-electron chi connectivity index (χ3n) is 6.00. The normalized spacial score (nSPS) is 23.6. The van der Waals surface area contributed by atoms with Crippen LogP contribution < -0.4 is 15.4 Å². The lowest BCUT2D eigenvalue weighted by molar-refractivity contribution is -0.123. The molecule has 3 heterocycles. The Kier molecular flexibility index (Phi) is 4.68. The highest BCUT2D eigenvalue weighted by Gasteiger charge is 2.50. The van der Waals surface area contributed by atoms with Crippen molar-refractivity contribution in [3.8, 4) is 10.6 Å². The van der Waals surface area contributed by atoms with E-state index < -0.39 is 21.6 Å². The molecular weight excluding hydrogens is 438 g/mol. The fraction of sp³-hybridized carbons (Fsp3) is 0.333. The maximum Gasteiger partial charge on any atom is 0.322 e. The summed E-state index contributed by atoms with van der Waals surface area (Å²) < 4.78 is 34.6. The van der Waals surface area contributed by atoms with Gasteiger partial charge >= 0.3 is 6.03 Å². The fourth-order valence-electron chi connectivity index (χ4n) is 4.39. The number of furan rings is 1. The Morgan fingerprint density at radius 3 is 2.81 bits per heavy atom. The zero-order valence-corrected chi connectivity index (χ0v) is 18.4.